The van der Waals surface area contributed by atoms with Crippen LogP contribution in [0.2, 0.25) is 0 Å². The first-order chi connectivity index (χ1) is 17.2. The number of halogens is 2. The predicted molar refractivity (Wildman–Crippen MR) is 126 cm³/mol. The molecule has 4 aromatic rings. The van der Waals surface area contributed by atoms with E-state index in [0.717, 1.165) is 0 Å². The molecule has 2 aromatic heterocycles. The van der Waals surface area contributed by atoms with Crippen LogP contribution < -0.4 is 5.84 Å². The summed E-state index contributed by atoms with van der Waals surface area (Å²) >= 11 is 0. The van der Waals surface area contributed by atoms with Crippen LogP contribution in [0.3, 0.4) is 0 Å². The Morgan fingerprint density at radius 1 is 1.03 bits per heavy atom. The molecule has 0 radical (unpaired) electrons. The largest absolute Gasteiger partial charge is 0.478 e. The molecular weight excluding hydrogens is 496 g/mol. The lowest BCUT2D eigenvalue weighted by Gasteiger charge is -2.25. The molecule has 3 N–H and O–H groups in total. The van der Waals surface area contributed by atoms with Crippen molar-refractivity contribution in [2.45, 2.75) is 4.90 Å². The number of fused-ring (bicyclic) bond motifs is 1. The van der Waals surface area contributed by atoms with E-state index in [-0.39, 0.29) is 29.4 Å². The third kappa shape index (κ3) is 5.32. The van der Waals surface area contributed by atoms with Crippen LogP contribution in [0.1, 0.15) is 10.4 Å². The second-order valence-electron chi connectivity index (χ2n) is 7.69. The van der Waals surface area contributed by atoms with Crippen molar-refractivity contribution in [3.63, 3.8) is 0 Å². The van der Waals surface area contributed by atoms with Crippen molar-refractivity contribution in [1.29, 1.82) is 0 Å². The molecule has 2 aromatic carbocycles. The highest BCUT2D eigenvalue weighted by molar-refractivity contribution is 7.89. The van der Waals surface area contributed by atoms with E-state index in [1.54, 1.807) is 12.1 Å². The maximum atomic E-state index is 13.4. The third-order valence-electron chi connectivity index (χ3n) is 5.33. The van der Waals surface area contributed by atoms with Crippen molar-refractivity contribution in [3.8, 4) is 11.4 Å². The molecule has 1 fully saturated rings. The molecule has 0 atom stereocenters. The Morgan fingerprint density at radius 2 is 1.69 bits per heavy atom. The summed E-state index contributed by atoms with van der Waals surface area (Å²) in [6.07, 6.45) is 3.69. The molecular formula is C23H21F2N5O5S. The Bertz CT molecular complexity index is 1500. The molecule has 36 heavy (non-hydrogen) atoms. The minimum absolute atomic E-state index is 0.000142. The molecule has 0 spiro atoms. The average molecular weight is 518 g/mol. The average Bonchev–Trinajstić information content (AvgIpc) is 3.21. The number of carboxylic acid groups (broad SMARTS) is 1. The van der Waals surface area contributed by atoms with Gasteiger partial charge in [0, 0.05) is 42.6 Å². The SMILES string of the molecule is Nn1cc(S(=O)(=O)N2CCOCC2)c2cc(F)ccc21.O=C(O)c1cnc(-c2cccc(F)c2)nc1. The van der Waals surface area contributed by atoms with E-state index in [4.69, 9.17) is 15.7 Å². The maximum Gasteiger partial charge on any atom is 0.338 e. The number of benzene rings is 2. The van der Waals surface area contributed by atoms with Gasteiger partial charge in [-0.2, -0.15) is 4.31 Å². The first kappa shape index (κ1) is 25.2. The van der Waals surface area contributed by atoms with E-state index < -0.39 is 21.8 Å². The van der Waals surface area contributed by atoms with E-state index in [1.165, 1.54) is 57.9 Å². The lowest BCUT2D eigenvalue weighted by Crippen LogP contribution is -2.40. The predicted octanol–water partition coefficient (Wildman–Crippen LogP) is 2.50. The monoisotopic (exact) mass is 517 g/mol. The van der Waals surface area contributed by atoms with Gasteiger partial charge >= 0.3 is 5.97 Å². The van der Waals surface area contributed by atoms with Gasteiger partial charge in [0.2, 0.25) is 10.0 Å². The van der Waals surface area contributed by atoms with E-state index in [1.807, 2.05) is 0 Å². The fourth-order valence-electron chi connectivity index (χ4n) is 3.54. The van der Waals surface area contributed by atoms with E-state index in [9.17, 15) is 22.0 Å². The van der Waals surface area contributed by atoms with Crippen LogP contribution in [0.4, 0.5) is 8.78 Å². The number of sulfonamides is 1. The molecule has 0 aliphatic carbocycles. The highest BCUT2D eigenvalue weighted by Gasteiger charge is 2.29. The van der Waals surface area contributed by atoms with Gasteiger partial charge in [-0.3, -0.25) is 4.68 Å². The quantitative estimate of drug-likeness (QED) is 0.394. The van der Waals surface area contributed by atoms with Crippen LogP contribution in [-0.2, 0) is 14.8 Å². The first-order valence-corrected chi connectivity index (χ1v) is 12.1. The molecule has 188 valence electrons. The van der Waals surface area contributed by atoms with Crippen molar-refractivity contribution in [1.82, 2.24) is 18.9 Å². The Morgan fingerprint density at radius 3 is 2.33 bits per heavy atom. The zero-order valence-corrected chi connectivity index (χ0v) is 19.5. The van der Waals surface area contributed by atoms with Crippen LogP contribution >= 0.6 is 0 Å². The summed E-state index contributed by atoms with van der Waals surface area (Å²) in [4.78, 5) is 18.3. The van der Waals surface area contributed by atoms with E-state index in [2.05, 4.69) is 9.97 Å². The lowest BCUT2D eigenvalue weighted by atomic mass is 10.2. The number of carboxylic acids is 1. The number of nitrogens with two attached hydrogens (primary N) is 1. The molecule has 0 bridgehead atoms. The minimum atomic E-state index is -3.70. The molecule has 5 rings (SSSR count). The number of nitrogens with zero attached hydrogens (tertiary/aromatic N) is 4. The standard InChI is InChI=1S/C12H14FN3O3S.C11H7FN2O2/c13-9-1-2-11-10(7-9)12(8-16(11)14)20(17,18)15-3-5-19-6-4-15;12-9-3-1-2-7(4-9)10-13-5-8(6-14-10)11(15)16/h1-2,7-8H,3-6,14H2;1-6H,(H,15,16). The maximum absolute atomic E-state index is 13.4. The summed E-state index contributed by atoms with van der Waals surface area (Å²) in [6.45, 7) is 1.29. The molecule has 0 amide bonds. The molecule has 0 saturated carbocycles. The van der Waals surface area contributed by atoms with Gasteiger partial charge in [-0.1, -0.05) is 12.1 Å². The second kappa shape index (κ2) is 10.4. The van der Waals surface area contributed by atoms with Gasteiger partial charge in [-0.15, -0.1) is 0 Å². The molecule has 0 unspecified atom stereocenters. The molecule has 1 aliphatic heterocycles. The topological polar surface area (TPSA) is 141 Å². The fourth-order valence-corrected chi connectivity index (χ4v) is 5.14. The number of aromatic nitrogens is 3. The van der Waals surface area contributed by atoms with Crippen molar-refractivity contribution in [2.75, 3.05) is 32.1 Å². The number of ether oxygens (including phenoxy) is 1. The Kier molecular flexibility index (Phi) is 7.24. The van der Waals surface area contributed by atoms with Crippen LogP contribution in [-0.4, -0.2) is 64.7 Å². The van der Waals surface area contributed by atoms with Crippen LogP contribution in [0.5, 0.6) is 0 Å². The van der Waals surface area contributed by atoms with Gasteiger partial charge in [0.25, 0.3) is 0 Å². The molecule has 1 saturated heterocycles. The van der Waals surface area contributed by atoms with Gasteiger partial charge in [-0.05, 0) is 30.3 Å². The van der Waals surface area contributed by atoms with Crippen molar-refractivity contribution >= 4 is 26.9 Å². The molecule has 1 aliphatic rings. The van der Waals surface area contributed by atoms with Crippen molar-refractivity contribution in [3.05, 3.63) is 78.3 Å². The second-order valence-corrected chi connectivity index (χ2v) is 9.60. The molecule has 3 heterocycles. The van der Waals surface area contributed by atoms with Crippen LogP contribution in [0.25, 0.3) is 22.3 Å². The van der Waals surface area contributed by atoms with Crippen molar-refractivity contribution < 1.29 is 31.8 Å². The van der Waals surface area contributed by atoms with Gasteiger partial charge in [0.15, 0.2) is 5.82 Å². The van der Waals surface area contributed by atoms with Crippen molar-refractivity contribution in [2.24, 2.45) is 0 Å². The minimum Gasteiger partial charge on any atom is -0.478 e. The number of nitrogen functional groups attached to an aromatic ring is 1. The number of rotatable bonds is 4. The summed E-state index contributed by atoms with van der Waals surface area (Å²) in [5, 5.41) is 8.94. The zero-order chi connectivity index (χ0) is 25.9. The Hall–Kier alpha value is -3.94. The van der Waals surface area contributed by atoms with E-state index in [0.29, 0.717) is 35.5 Å². The van der Waals surface area contributed by atoms with Gasteiger partial charge < -0.3 is 15.7 Å². The van der Waals surface area contributed by atoms with E-state index >= 15 is 0 Å². The Labute approximate surface area is 204 Å². The summed E-state index contributed by atoms with van der Waals surface area (Å²) < 4.78 is 59.2. The third-order valence-corrected chi connectivity index (χ3v) is 7.25. The van der Waals surface area contributed by atoms with Gasteiger partial charge in [0.05, 0.1) is 24.3 Å². The highest BCUT2D eigenvalue weighted by atomic mass is 32.2. The summed E-state index contributed by atoms with van der Waals surface area (Å²) in [7, 11) is -3.70. The van der Waals surface area contributed by atoms with Gasteiger partial charge in [-0.25, -0.2) is 32.0 Å². The summed E-state index contributed by atoms with van der Waals surface area (Å²) in [5.41, 5.74) is 0.982. The number of carbonyl (C=O) groups is 1. The van der Waals surface area contributed by atoms with Gasteiger partial charge in [0.1, 0.15) is 16.5 Å². The first-order valence-electron chi connectivity index (χ1n) is 10.6. The van der Waals surface area contributed by atoms with Crippen LogP contribution in [0.15, 0.2) is 66.0 Å². The summed E-state index contributed by atoms with van der Waals surface area (Å²) in [5.74, 6) is 4.06. The highest BCUT2D eigenvalue weighted by Crippen LogP contribution is 2.28. The Balaban J connectivity index is 0.000000174. The fraction of sp³-hybridized carbons (Fsp3) is 0.174. The lowest BCUT2D eigenvalue weighted by molar-refractivity contribution is 0.0696. The van der Waals surface area contributed by atoms with Crippen LogP contribution in [0, 0.1) is 11.6 Å². The number of hydrogen-bond donors (Lipinski definition) is 2. The number of morpholine rings is 1. The number of hydrogen-bond acceptors (Lipinski definition) is 7. The normalized spacial score (nSPS) is 14.3. The number of aromatic carboxylic acids is 1. The smallest absolute Gasteiger partial charge is 0.338 e. The molecule has 10 nitrogen and oxygen atoms in total. The zero-order valence-electron chi connectivity index (χ0n) is 18.7. The molecule has 13 heteroatoms. The summed E-state index contributed by atoms with van der Waals surface area (Å²) in [6, 6.07) is 9.69.